The van der Waals surface area contributed by atoms with E-state index in [2.05, 4.69) is 17.1 Å². The summed E-state index contributed by atoms with van der Waals surface area (Å²) in [5.41, 5.74) is 3.96. The SMILES string of the molecule is CCCN(CC(=O)N(CCc1c[nH]c2ccccc12)Cc1ccccc1)C(=O)c1ccc2ccccc2c1. The highest BCUT2D eigenvalue weighted by atomic mass is 16.2. The monoisotopic (exact) mass is 503 g/mol. The maximum atomic E-state index is 13.7. The van der Waals surface area contributed by atoms with Gasteiger partial charge in [-0.15, -0.1) is 0 Å². The third-order valence-corrected chi connectivity index (χ3v) is 7.00. The van der Waals surface area contributed by atoms with Crippen molar-refractivity contribution in [3.8, 4) is 0 Å². The lowest BCUT2D eigenvalue weighted by molar-refractivity contribution is -0.132. The molecule has 1 aromatic heterocycles. The number of nitrogens with one attached hydrogen (secondary N) is 1. The molecule has 5 aromatic rings. The summed E-state index contributed by atoms with van der Waals surface area (Å²) in [6.45, 7) is 3.69. The maximum Gasteiger partial charge on any atom is 0.254 e. The van der Waals surface area contributed by atoms with Gasteiger partial charge in [0, 0.05) is 42.3 Å². The number of H-pyrrole nitrogens is 1. The number of nitrogens with zero attached hydrogens (tertiary/aromatic N) is 2. The molecule has 5 nitrogen and oxygen atoms in total. The van der Waals surface area contributed by atoms with Gasteiger partial charge < -0.3 is 14.8 Å². The molecule has 0 bridgehead atoms. The van der Waals surface area contributed by atoms with E-state index in [1.54, 1.807) is 4.90 Å². The lowest BCUT2D eigenvalue weighted by atomic mass is 10.1. The van der Waals surface area contributed by atoms with Crippen LogP contribution in [0.2, 0.25) is 0 Å². The van der Waals surface area contributed by atoms with Crippen molar-refractivity contribution in [1.82, 2.24) is 14.8 Å². The summed E-state index contributed by atoms with van der Waals surface area (Å²) in [5.74, 6) is -0.154. The number of aromatic amines is 1. The Labute approximate surface area is 223 Å². The lowest BCUT2D eigenvalue weighted by Crippen LogP contribution is -2.43. The number of hydrogen-bond donors (Lipinski definition) is 1. The van der Waals surface area contributed by atoms with Gasteiger partial charge in [-0.3, -0.25) is 9.59 Å². The molecule has 0 radical (unpaired) electrons. The topological polar surface area (TPSA) is 56.4 Å². The summed E-state index contributed by atoms with van der Waals surface area (Å²) in [7, 11) is 0. The Hall–Kier alpha value is -4.38. The molecular weight excluding hydrogens is 470 g/mol. The Morgan fingerprint density at radius 2 is 1.50 bits per heavy atom. The van der Waals surface area contributed by atoms with Gasteiger partial charge >= 0.3 is 0 Å². The predicted octanol–water partition coefficient (Wildman–Crippen LogP) is 6.44. The molecule has 0 fully saturated rings. The van der Waals surface area contributed by atoms with Gasteiger partial charge in [-0.2, -0.15) is 0 Å². The van der Waals surface area contributed by atoms with Crippen LogP contribution in [-0.4, -0.2) is 46.2 Å². The number of carbonyl (C=O) groups is 2. The van der Waals surface area contributed by atoms with E-state index in [9.17, 15) is 9.59 Å². The first-order valence-electron chi connectivity index (χ1n) is 13.3. The molecule has 0 aliphatic rings. The number of amides is 2. The van der Waals surface area contributed by atoms with Gasteiger partial charge in [0.25, 0.3) is 5.91 Å². The summed E-state index contributed by atoms with van der Waals surface area (Å²) in [4.78, 5) is 34.2. The number of para-hydroxylation sites is 1. The molecule has 2 amide bonds. The summed E-state index contributed by atoms with van der Waals surface area (Å²) in [6, 6.07) is 32.0. The van der Waals surface area contributed by atoms with E-state index < -0.39 is 0 Å². The zero-order valence-electron chi connectivity index (χ0n) is 21.8. The van der Waals surface area contributed by atoms with E-state index in [0.29, 0.717) is 25.2 Å². The van der Waals surface area contributed by atoms with Crippen LogP contribution in [0.3, 0.4) is 0 Å². The quantitative estimate of drug-likeness (QED) is 0.238. The first kappa shape index (κ1) is 25.3. The van der Waals surface area contributed by atoms with Crippen LogP contribution < -0.4 is 0 Å². The number of aromatic nitrogens is 1. The summed E-state index contributed by atoms with van der Waals surface area (Å²) >= 11 is 0. The van der Waals surface area contributed by atoms with Crippen LogP contribution in [0, 0.1) is 0 Å². The highest BCUT2D eigenvalue weighted by Crippen LogP contribution is 2.20. The Kier molecular flexibility index (Phi) is 7.84. The minimum atomic E-state index is -0.109. The minimum Gasteiger partial charge on any atom is -0.361 e. The lowest BCUT2D eigenvalue weighted by Gasteiger charge is -2.28. The van der Waals surface area contributed by atoms with Crippen molar-refractivity contribution < 1.29 is 9.59 Å². The Balaban J connectivity index is 1.35. The normalized spacial score (nSPS) is 11.1. The van der Waals surface area contributed by atoms with Crippen molar-refractivity contribution in [2.45, 2.75) is 26.3 Å². The van der Waals surface area contributed by atoms with Crippen LogP contribution in [0.25, 0.3) is 21.7 Å². The van der Waals surface area contributed by atoms with Gasteiger partial charge in [0.15, 0.2) is 0 Å². The molecule has 5 rings (SSSR count). The first-order chi connectivity index (χ1) is 18.6. The molecule has 1 N–H and O–H groups in total. The van der Waals surface area contributed by atoms with Crippen LogP contribution in [0.4, 0.5) is 0 Å². The molecule has 5 heteroatoms. The van der Waals surface area contributed by atoms with Crippen molar-refractivity contribution in [2.24, 2.45) is 0 Å². The van der Waals surface area contributed by atoms with E-state index in [1.165, 1.54) is 10.9 Å². The predicted molar refractivity (Wildman–Crippen MR) is 154 cm³/mol. The standard InChI is InChI=1S/C33H33N3O2/c1-2-19-36(33(38)28-17-16-26-12-6-7-13-27(26)21-28)24-32(37)35(23-25-10-4-3-5-11-25)20-18-29-22-34-31-15-9-8-14-30(29)31/h3-17,21-22,34H,2,18-20,23-24H2,1H3. The summed E-state index contributed by atoms with van der Waals surface area (Å²) < 4.78 is 0. The fourth-order valence-corrected chi connectivity index (χ4v) is 4.98. The molecule has 0 saturated heterocycles. The number of hydrogen-bond acceptors (Lipinski definition) is 2. The highest BCUT2D eigenvalue weighted by Gasteiger charge is 2.22. The highest BCUT2D eigenvalue weighted by molar-refractivity contribution is 6.00. The largest absolute Gasteiger partial charge is 0.361 e. The smallest absolute Gasteiger partial charge is 0.254 e. The Morgan fingerprint density at radius 3 is 2.32 bits per heavy atom. The molecule has 38 heavy (non-hydrogen) atoms. The zero-order chi connectivity index (χ0) is 26.3. The Bertz CT molecular complexity index is 1540. The molecule has 4 aromatic carbocycles. The molecular formula is C33H33N3O2. The molecule has 0 spiro atoms. The molecule has 1 heterocycles. The second kappa shape index (κ2) is 11.8. The third kappa shape index (κ3) is 5.78. The second-order valence-corrected chi connectivity index (χ2v) is 9.70. The van der Waals surface area contributed by atoms with Crippen LogP contribution in [0.15, 0.2) is 103 Å². The Morgan fingerprint density at radius 1 is 0.763 bits per heavy atom. The van der Waals surface area contributed by atoms with Crippen molar-refractivity contribution in [2.75, 3.05) is 19.6 Å². The van der Waals surface area contributed by atoms with Crippen molar-refractivity contribution in [1.29, 1.82) is 0 Å². The van der Waals surface area contributed by atoms with Gasteiger partial charge in [0.2, 0.25) is 5.91 Å². The van der Waals surface area contributed by atoms with E-state index in [1.807, 2.05) is 103 Å². The first-order valence-corrected chi connectivity index (χ1v) is 13.3. The summed E-state index contributed by atoms with van der Waals surface area (Å²) in [5, 5.41) is 3.29. The van der Waals surface area contributed by atoms with Crippen molar-refractivity contribution >= 4 is 33.5 Å². The van der Waals surface area contributed by atoms with Gasteiger partial charge in [-0.05, 0) is 52.9 Å². The number of benzene rings is 4. The second-order valence-electron chi connectivity index (χ2n) is 9.70. The fourth-order valence-electron chi connectivity index (χ4n) is 4.98. The molecule has 0 atom stereocenters. The van der Waals surface area contributed by atoms with E-state index in [0.717, 1.165) is 34.7 Å². The van der Waals surface area contributed by atoms with Crippen LogP contribution >= 0.6 is 0 Å². The minimum absolute atomic E-state index is 0.0451. The van der Waals surface area contributed by atoms with Gasteiger partial charge in [0.1, 0.15) is 6.54 Å². The zero-order valence-corrected chi connectivity index (χ0v) is 21.8. The van der Waals surface area contributed by atoms with E-state index in [4.69, 9.17) is 0 Å². The summed E-state index contributed by atoms with van der Waals surface area (Å²) in [6.07, 6.45) is 3.54. The third-order valence-electron chi connectivity index (χ3n) is 7.00. The van der Waals surface area contributed by atoms with Crippen LogP contribution in [0.5, 0.6) is 0 Å². The van der Waals surface area contributed by atoms with Crippen molar-refractivity contribution in [3.05, 3.63) is 120 Å². The maximum absolute atomic E-state index is 13.7. The number of rotatable bonds is 10. The van der Waals surface area contributed by atoms with Gasteiger partial charge in [-0.25, -0.2) is 0 Å². The van der Waals surface area contributed by atoms with E-state index >= 15 is 0 Å². The molecule has 192 valence electrons. The average molecular weight is 504 g/mol. The molecule has 0 aliphatic carbocycles. The van der Waals surface area contributed by atoms with Crippen LogP contribution in [0.1, 0.15) is 34.8 Å². The van der Waals surface area contributed by atoms with E-state index in [-0.39, 0.29) is 18.4 Å². The van der Waals surface area contributed by atoms with Crippen molar-refractivity contribution in [3.63, 3.8) is 0 Å². The van der Waals surface area contributed by atoms with Gasteiger partial charge in [-0.1, -0.05) is 85.8 Å². The number of carbonyl (C=O) groups excluding carboxylic acids is 2. The molecule has 0 unspecified atom stereocenters. The molecule has 0 saturated carbocycles. The van der Waals surface area contributed by atoms with Gasteiger partial charge in [0.05, 0.1) is 0 Å². The number of fused-ring (bicyclic) bond motifs is 2. The fraction of sp³-hybridized carbons (Fsp3) is 0.212. The average Bonchev–Trinajstić information content (AvgIpc) is 3.38. The van der Waals surface area contributed by atoms with Crippen LogP contribution in [-0.2, 0) is 17.8 Å². The molecule has 0 aliphatic heterocycles.